The molecule has 96 valence electrons. The maximum absolute atomic E-state index is 10.2. The summed E-state index contributed by atoms with van der Waals surface area (Å²) in [5, 5.41) is 24.3. The minimum Gasteiger partial charge on any atom is -0.480 e. The van der Waals surface area contributed by atoms with Gasteiger partial charge < -0.3 is 26.8 Å². The number of aliphatic hydroxyl groups excluding tert-OH is 1. The number of rotatable bonds is 5. The number of carboxylic acids is 2. The number of hydrogen-bond acceptors (Lipinski definition) is 5. The Morgan fingerprint density at radius 1 is 1.19 bits per heavy atom. The molecule has 2 unspecified atom stereocenters. The molecule has 0 aromatic heterocycles. The fourth-order valence-corrected chi connectivity index (χ4v) is 0.575. The number of carbonyl (C=O) groups is 2. The van der Waals surface area contributed by atoms with E-state index >= 15 is 0 Å². The lowest BCUT2D eigenvalue weighted by atomic mass is 10.0. The molecule has 0 radical (unpaired) electrons. The van der Waals surface area contributed by atoms with Crippen molar-refractivity contribution in [2.45, 2.75) is 32.4 Å². The fourth-order valence-electron chi connectivity index (χ4n) is 0.575. The third-order valence-electron chi connectivity index (χ3n) is 2.06. The quantitative estimate of drug-likeness (QED) is 0.404. The Hall–Kier alpha value is -1.18. The van der Waals surface area contributed by atoms with E-state index in [1.165, 1.54) is 0 Å². The van der Waals surface area contributed by atoms with Crippen LogP contribution >= 0.6 is 0 Å². The van der Waals surface area contributed by atoms with Crippen LogP contribution in [0.1, 0.15) is 20.3 Å². The maximum Gasteiger partial charge on any atom is 0.322 e. The van der Waals surface area contributed by atoms with Crippen LogP contribution in [0, 0.1) is 5.92 Å². The first-order chi connectivity index (χ1) is 7.27. The molecule has 0 fully saturated rings. The van der Waals surface area contributed by atoms with Crippen molar-refractivity contribution in [3.63, 3.8) is 0 Å². The molecule has 7 N–H and O–H groups in total. The van der Waals surface area contributed by atoms with Crippen molar-refractivity contribution in [1.29, 1.82) is 0 Å². The van der Waals surface area contributed by atoms with Crippen LogP contribution in [0.3, 0.4) is 0 Å². The highest BCUT2D eigenvalue weighted by atomic mass is 16.4. The van der Waals surface area contributed by atoms with Crippen LogP contribution in [0.4, 0.5) is 0 Å². The van der Waals surface area contributed by atoms with Crippen LogP contribution in [0.5, 0.6) is 0 Å². The summed E-state index contributed by atoms with van der Waals surface area (Å²) < 4.78 is 0. The van der Waals surface area contributed by atoms with E-state index in [-0.39, 0.29) is 5.92 Å². The lowest BCUT2D eigenvalue weighted by molar-refractivity contribution is -0.140. The van der Waals surface area contributed by atoms with Gasteiger partial charge in [0, 0.05) is 0 Å². The molecule has 0 aliphatic carbocycles. The second kappa shape index (κ2) is 9.08. The average Bonchev–Trinajstić information content (AvgIpc) is 2.26. The highest BCUT2D eigenvalue weighted by molar-refractivity contribution is 5.73. The van der Waals surface area contributed by atoms with Gasteiger partial charge in [-0.3, -0.25) is 9.59 Å². The summed E-state index contributed by atoms with van der Waals surface area (Å²) in [4.78, 5) is 19.8. The molecule has 0 aliphatic heterocycles. The normalized spacial score (nSPS) is 15.3. The molecule has 0 bridgehead atoms. The smallest absolute Gasteiger partial charge is 0.322 e. The van der Waals surface area contributed by atoms with Gasteiger partial charge in [-0.05, 0) is 5.92 Å². The van der Waals surface area contributed by atoms with Crippen LogP contribution < -0.4 is 11.5 Å². The van der Waals surface area contributed by atoms with Gasteiger partial charge in [0.25, 0.3) is 0 Å². The Morgan fingerprint density at radius 2 is 1.62 bits per heavy atom. The van der Waals surface area contributed by atoms with Gasteiger partial charge in [0.2, 0.25) is 0 Å². The van der Waals surface area contributed by atoms with Gasteiger partial charge in [0.05, 0.1) is 6.61 Å². The summed E-state index contributed by atoms with van der Waals surface area (Å²) in [5.41, 5.74) is 10.0. The van der Waals surface area contributed by atoms with Crippen LogP contribution in [0.25, 0.3) is 0 Å². The summed E-state index contributed by atoms with van der Waals surface area (Å²) in [6, 6.07) is -1.82. The van der Waals surface area contributed by atoms with Crippen molar-refractivity contribution in [2.24, 2.45) is 17.4 Å². The minimum absolute atomic E-state index is 0.0718. The monoisotopic (exact) mass is 236 g/mol. The topological polar surface area (TPSA) is 147 Å². The molecule has 16 heavy (non-hydrogen) atoms. The van der Waals surface area contributed by atoms with E-state index in [0.717, 1.165) is 6.42 Å². The second-order valence-electron chi connectivity index (χ2n) is 3.38. The molecule has 0 rings (SSSR count). The van der Waals surface area contributed by atoms with Crippen molar-refractivity contribution in [3.05, 3.63) is 0 Å². The van der Waals surface area contributed by atoms with E-state index in [2.05, 4.69) is 0 Å². The third kappa shape index (κ3) is 8.16. The minimum atomic E-state index is -1.18. The van der Waals surface area contributed by atoms with E-state index in [0.29, 0.717) is 0 Å². The predicted octanol–water partition coefficient (Wildman–Crippen LogP) is -1.16. The highest BCUT2D eigenvalue weighted by Gasteiger charge is 2.17. The van der Waals surface area contributed by atoms with E-state index < -0.39 is 30.6 Å². The van der Waals surface area contributed by atoms with Crippen molar-refractivity contribution in [1.82, 2.24) is 0 Å². The number of hydrogen-bond donors (Lipinski definition) is 5. The maximum atomic E-state index is 10.2. The van der Waals surface area contributed by atoms with Gasteiger partial charge in [-0.1, -0.05) is 20.3 Å². The third-order valence-corrected chi connectivity index (χ3v) is 2.06. The lowest BCUT2D eigenvalue weighted by Crippen LogP contribution is -2.36. The summed E-state index contributed by atoms with van der Waals surface area (Å²) >= 11 is 0. The van der Waals surface area contributed by atoms with Crippen LogP contribution in [-0.2, 0) is 9.59 Å². The summed E-state index contributed by atoms with van der Waals surface area (Å²) in [6.45, 7) is 3.25. The zero-order valence-electron chi connectivity index (χ0n) is 9.46. The van der Waals surface area contributed by atoms with Crippen molar-refractivity contribution in [2.75, 3.05) is 6.61 Å². The molecule has 0 aromatic carbocycles. The Bertz CT molecular complexity index is 222. The number of carboxylic acid groups (broad SMARTS) is 2. The molecule has 0 saturated heterocycles. The predicted molar refractivity (Wildman–Crippen MR) is 57.8 cm³/mol. The molecular formula is C9H20N2O5. The van der Waals surface area contributed by atoms with Gasteiger partial charge in [-0.2, -0.15) is 0 Å². The van der Waals surface area contributed by atoms with Crippen molar-refractivity contribution < 1.29 is 24.9 Å². The highest BCUT2D eigenvalue weighted by Crippen LogP contribution is 2.04. The largest absolute Gasteiger partial charge is 0.480 e. The second-order valence-corrected chi connectivity index (χ2v) is 3.38. The average molecular weight is 236 g/mol. The van der Waals surface area contributed by atoms with Gasteiger partial charge in [-0.25, -0.2) is 0 Å². The molecule has 0 amide bonds. The van der Waals surface area contributed by atoms with Crippen molar-refractivity contribution in [3.8, 4) is 0 Å². The molecule has 0 aliphatic rings. The number of aliphatic hydroxyl groups is 1. The Kier molecular flexibility index (Phi) is 9.77. The molecule has 7 heteroatoms. The summed E-state index contributed by atoms with van der Waals surface area (Å²) in [5.74, 6) is -2.02. The van der Waals surface area contributed by atoms with E-state index in [1.54, 1.807) is 0 Å². The van der Waals surface area contributed by atoms with E-state index in [4.69, 9.17) is 26.8 Å². The Morgan fingerprint density at radius 3 is 1.69 bits per heavy atom. The molecule has 0 aromatic rings. The van der Waals surface area contributed by atoms with E-state index in [1.807, 2.05) is 13.8 Å². The lowest BCUT2D eigenvalue weighted by Gasteiger charge is -2.11. The first kappa shape index (κ1) is 17.2. The van der Waals surface area contributed by atoms with Crippen LogP contribution in [0.2, 0.25) is 0 Å². The number of nitrogens with two attached hydrogens (primary N) is 2. The zero-order chi connectivity index (χ0) is 13.3. The Balaban J connectivity index is 0. The van der Waals surface area contributed by atoms with Crippen molar-refractivity contribution >= 4 is 11.9 Å². The first-order valence-electron chi connectivity index (χ1n) is 4.85. The van der Waals surface area contributed by atoms with Gasteiger partial charge in [-0.15, -0.1) is 0 Å². The summed E-state index contributed by atoms with van der Waals surface area (Å²) in [6.07, 6.45) is 0.813. The van der Waals surface area contributed by atoms with Crippen LogP contribution in [0.15, 0.2) is 0 Å². The fraction of sp³-hybridized carbons (Fsp3) is 0.778. The van der Waals surface area contributed by atoms with E-state index in [9.17, 15) is 9.59 Å². The molecular weight excluding hydrogens is 216 g/mol. The summed E-state index contributed by atoms with van der Waals surface area (Å²) in [7, 11) is 0. The molecule has 0 heterocycles. The standard InChI is InChI=1S/C6H13NO2.C3H7NO3/c1-3-4(2)5(7)6(8)9;4-2(1-5)3(6)7/h4-5H,3,7H2,1-2H3,(H,8,9);2,5H,1,4H2,(H,6,7)/t4?,5-;/m0./s1. The molecule has 7 nitrogen and oxygen atoms in total. The van der Waals surface area contributed by atoms with Crippen LogP contribution in [-0.4, -0.2) is 45.9 Å². The molecule has 3 atom stereocenters. The van der Waals surface area contributed by atoms with Gasteiger partial charge >= 0.3 is 11.9 Å². The van der Waals surface area contributed by atoms with Gasteiger partial charge in [0.1, 0.15) is 12.1 Å². The SMILES string of the molecule is CCC(C)[C@H](N)C(=O)O.NC(CO)C(=O)O. The number of aliphatic carboxylic acids is 2. The Labute approximate surface area is 94.1 Å². The van der Waals surface area contributed by atoms with Gasteiger partial charge in [0.15, 0.2) is 0 Å². The zero-order valence-corrected chi connectivity index (χ0v) is 9.46. The first-order valence-corrected chi connectivity index (χ1v) is 4.85. The molecule has 0 spiro atoms. The molecule has 0 saturated carbocycles.